The Hall–Kier alpha value is -1.59. The van der Waals surface area contributed by atoms with Crippen LogP contribution in [0.15, 0.2) is 30.5 Å². The molecule has 138 valence electrons. The standard InChI is InChI=1S/C21H29BN2O2/c1-14-7-6-8-17(14)19-23-13-18(24-19)15-9-11-16(12-10-15)22-25-20(2,3)21(4,5)26-22/h9-14,17H,6-8H2,1-5H3,(H,23,24). The van der Waals surface area contributed by atoms with Crippen LogP contribution in [0.25, 0.3) is 11.3 Å². The molecule has 1 aromatic carbocycles. The van der Waals surface area contributed by atoms with Crippen LogP contribution in [-0.2, 0) is 9.31 Å². The van der Waals surface area contributed by atoms with Crippen molar-refractivity contribution in [1.29, 1.82) is 0 Å². The van der Waals surface area contributed by atoms with Crippen molar-refractivity contribution in [3.05, 3.63) is 36.3 Å². The van der Waals surface area contributed by atoms with Crippen molar-refractivity contribution in [3.8, 4) is 11.3 Å². The Labute approximate surface area is 156 Å². The lowest BCUT2D eigenvalue weighted by atomic mass is 9.79. The number of aromatic amines is 1. The van der Waals surface area contributed by atoms with Gasteiger partial charge in [0.15, 0.2) is 0 Å². The van der Waals surface area contributed by atoms with Crippen LogP contribution in [0, 0.1) is 5.92 Å². The van der Waals surface area contributed by atoms with Gasteiger partial charge in [-0.05, 0) is 57.5 Å². The topological polar surface area (TPSA) is 47.1 Å². The molecule has 2 fully saturated rings. The third-order valence-corrected chi connectivity index (χ3v) is 6.56. The van der Waals surface area contributed by atoms with Gasteiger partial charge in [-0.2, -0.15) is 0 Å². The highest BCUT2D eigenvalue weighted by atomic mass is 16.7. The number of hydrogen-bond acceptors (Lipinski definition) is 3. The van der Waals surface area contributed by atoms with E-state index in [1.54, 1.807) is 0 Å². The highest BCUT2D eigenvalue weighted by Gasteiger charge is 2.51. The number of rotatable bonds is 3. The summed E-state index contributed by atoms with van der Waals surface area (Å²) in [5, 5.41) is 0. The Kier molecular flexibility index (Phi) is 4.28. The lowest BCUT2D eigenvalue weighted by Crippen LogP contribution is -2.41. The molecular weight excluding hydrogens is 323 g/mol. The lowest BCUT2D eigenvalue weighted by molar-refractivity contribution is 0.00578. The summed E-state index contributed by atoms with van der Waals surface area (Å²) >= 11 is 0. The second kappa shape index (κ2) is 6.24. The highest BCUT2D eigenvalue weighted by molar-refractivity contribution is 6.62. The fraction of sp³-hybridized carbons (Fsp3) is 0.571. The fourth-order valence-electron chi connectivity index (χ4n) is 4.02. The summed E-state index contributed by atoms with van der Waals surface area (Å²) in [6.45, 7) is 10.7. The number of aromatic nitrogens is 2. The van der Waals surface area contributed by atoms with Crippen LogP contribution in [0.2, 0.25) is 0 Å². The monoisotopic (exact) mass is 352 g/mol. The van der Waals surface area contributed by atoms with Crippen molar-refractivity contribution in [2.45, 2.75) is 71.0 Å². The molecule has 1 aromatic heterocycles. The van der Waals surface area contributed by atoms with Crippen molar-refractivity contribution >= 4 is 12.6 Å². The summed E-state index contributed by atoms with van der Waals surface area (Å²) < 4.78 is 12.3. The van der Waals surface area contributed by atoms with Gasteiger partial charge in [0.1, 0.15) is 5.82 Å². The predicted molar refractivity (Wildman–Crippen MR) is 105 cm³/mol. The van der Waals surface area contributed by atoms with Crippen molar-refractivity contribution < 1.29 is 9.31 Å². The molecule has 1 aliphatic carbocycles. The summed E-state index contributed by atoms with van der Waals surface area (Å²) in [5.74, 6) is 2.44. The van der Waals surface area contributed by atoms with Crippen LogP contribution in [0.4, 0.5) is 0 Å². The first kappa shape index (κ1) is 17.8. The smallest absolute Gasteiger partial charge is 0.399 e. The van der Waals surface area contributed by atoms with Gasteiger partial charge in [0.2, 0.25) is 0 Å². The second-order valence-electron chi connectivity index (χ2n) is 8.91. The Balaban J connectivity index is 1.51. The van der Waals surface area contributed by atoms with Crippen LogP contribution in [-0.4, -0.2) is 28.3 Å². The highest BCUT2D eigenvalue weighted by Crippen LogP contribution is 2.38. The maximum Gasteiger partial charge on any atom is 0.494 e. The van der Waals surface area contributed by atoms with E-state index in [1.165, 1.54) is 19.3 Å². The molecule has 0 bridgehead atoms. The zero-order chi connectivity index (χ0) is 18.5. The molecule has 4 nitrogen and oxygen atoms in total. The quantitative estimate of drug-likeness (QED) is 0.839. The maximum absolute atomic E-state index is 6.14. The van der Waals surface area contributed by atoms with Gasteiger partial charge in [0.25, 0.3) is 0 Å². The van der Waals surface area contributed by atoms with Gasteiger partial charge in [-0.25, -0.2) is 4.98 Å². The first-order valence-corrected chi connectivity index (χ1v) is 9.78. The molecule has 2 aliphatic rings. The molecule has 2 unspecified atom stereocenters. The Morgan fingerprint density at radius 3 is 2.27 bits per heavy atom. The number of benzene rings is 1. The van der Waals surface area contributed by atoms with Gasteiger partial charge >= 0.3 is 7.12 Å². The van der Waals surface area contributed by atoms with E-state index in [0.717, 1.165) is 28.5 Å². The molecule has 0 radical (unpaired) electrons. The van der Waals surface area contributed by atoms with E-state index < -0.39 is 0 Å². The average Bonchev–Trinajstić information content (AvgIpc) is 3.26. The molecule has 2 aromatic rings. The molecule has 1 aliphatic heterocycles. The minimum Gasteiger partial charge on any atom is -0.399 e. The predicted octanol–water partition coefficient (Wildman–Crippen LogP) is 4.28. The molecule has 0 spiro atoms. The van der Waals surface area contributed by atoms with Crippen molar-refractivity contribution in [2.75, 3.05) is 0 Å². The molecular formula is C21H29BN2O2. The van der Waals surface area contributed by atoms with Gasteiger partial charge in [0.05, 0.1) is 23.1 Å². The molecule has 0 amide bonds. The van der Waals surface area contributed by atoms with Crippen LogP contribution < -0.4 is 5.46 Å². The van der Waals surface area contributed by atoms with Crippen LogP contribution in [0.5, 0.6) is 0 Å². The Bertz CT molecular complexity index is 766. The van der Waals surface area contributed by atoms with E-state index in [-0.39, 0.29) is 18.3 Å². The molecule has 4 rings (SSSR count). The van der Waals surface area contributed by atoms with Gasteiger partial charge < -0.3 is 14.3 Å². The van der Waals surface area contributed by atoms with Gasteiger partial charge in [-0.15, -0.1) is 0 Å². The third kappa shape index (κ3) is 3.01. The molecule has 1 saturated carbocycles. The van der Waals surface area contributed by atoms with Crippen LogP contribution in [0.1, 0.15) is 65.6 Å². The number of nitrogens with one attached hydrogen (secondary N) is 1. The van der Waals surface area contributed by atoms with Crippen molar-refractivity contribution in [1.82, 2.24) is 9.97 Å². The van der Waals surface area contributed by atoms with E-state index >= 15 is 0 Å². The lowest BCUT2D eigenvalue weighted by Gasteiger charge is -2.32. The van der Waals surface area contributed by atoms with E-state index in [0.29, 0.717) is 5.92 Å². The molecule has 26 heavy (non-hydrogen) atoms. The second-order valence-corrected chi connectivity index (χ2v) is 8.91. The van der Waals surface area contributed by atoms with Crippen molar-refractivity contribution in [3.63, 3.8) is 0 Å². The number of hydrogen-bond donors (Lipinski definition) is 1. The number of imidazole rings is 1. The van der Waals surface area contributed by atoms with E-state index in [4.69, 9.17) is 9.31 Å². The minimum absolute atomic E-state index is 0.313. The molecule has 1 saturated heterocycles. The first-order chi connectivity index (χ1) is 12.3. The first-order valence-electron chi connectivity index (χ1n) is 9.78. The van der Waals surface area contributed by atoms with Gasteiger partial charge in [0, 0.05) is 5.92 Å². The summed E-state index contributed by atoms with van der Waals surface area (Å²) in [5.41, 5.74) is 2.66. The van der Waals surface area contributed by atoms with E-state index in [1.807, 2.05) is 6.20 Å². The van der Waals surface area contributed by atoms with Crippen molar-refractivity contribution in [2.24, 2.45) is 5.92 Å². The maximum atomic E-state index is 6.14. The van der Waals surface area contributed by atoms with E-state index in [2.05, 4.69) is 68.9 Å². The molecule has 5 heteroatoms. The summed E-state index contributed by atoms with van der Waals surface area (Å²) in [6, 6.07) is 8.43. The number of nitrogens with zero attached hydrogens (tertiary/aromatic N) is 1. The zero-order valence-electron chi connectivity index (χ0n) is 16.5. The largest absolute Gasteiger partial charge is 0.494 e. The number of H-pyrrole nitrogens is 1. The normalized spacial score (nSPS) is 27.2. The summed E-state index contributed by atoms with van der Waals surface area (Å²) in [6.07, 6.45) is 5.83. The SMILES string of the molecule is CC1CCCC1c1ncc(-c2ccc(B3OC(C)(C)C(C)(C)O3)cc2)[nH]1. The van der Waals surface area contributed by atoms with Gasteiger partial charge in [-0.1, -0.05) is 37.6 Å². The summed E-state index contributed by atoms with van der Waals surface area (Å²) in [4.78, 5) is 8.20. The Morgan fingerprint density at radius 1 is 1.04 bits per heavy atom. The fourth-order valence-corrected chi connectivity index (χ4v) is 4.02. The molecule has 1 N–H and O–H groups in total. The minimum atomic E-state index is -0.314. The van der Waals surface area contributed by atoms with Gasteiger partial charge in [-0.3, -0.25) is 0 Å². The van der Waals surface area contributed by atoms with E-state index in [9.17, 15) is 0 Å². The summed E-state index contributed by atoms with van der Waals surface area (Å²) in [7, 11) is -0.314. The van der Waals surface area contributed by atoms with Crippen LogP contribution >= 0.6 is 0 Å². The molecule has 2 atom stereocenters. The third-order valence-electron chi connectivity index (χ3n) is 6.56. The molecule has 2 heterocycles. The van der Waals surface area contributed by atoms with Crippen LogP contribution in [0.3, 0.4) is 0 Å². The average molecular weight is 352 g/mol. The zero-order valence-corrected chi connectivity index (χ0v) is 16.5. The Morgan fingerprint density at radius 2 is 1.69 bits per heavy atom.